The Hall–Kier alpha value is -3.15. The van der Waals surface area contributed by atoms with E-state index in [2.05, 4.69) is 4.98 Å². The van der Waals surface area contributed by atoms with E-state index in [1.165, 1.54) is 47.2 Å². The molecule has 0 unspecified atom stereocenters. The number of benzene rings is 2. The molecule has 3 atom stereocenters. The first kappa shape index (κ1) is 23.6. The van der Waals surface area contributed by atoms with Gasteiger partial charge >= 0.3 is 5.97 Å². The average molecular weight is 529 g/mol. The number of carbonyl (C=O) groups is 3. The number of anilines is 1. The second-order valence-electron chi connectivity index (χ2n) is 7.96. The first-order valence-electron chi connectivity index (χ1n) is 10.8. The van der Waals surface area contributed by atoms with Gasteiger partial charge in [0.15, 0.2) is 15.5 Å². The van der Waals surface area contributed by atoms with Crippen molar-refractivity contribution in [1.82, 2.24) is 4.98 Å². The average Bonchev–Trinajstić information content (AvgIpc) is 3.33. The minimum absolute atomic E-state index is 0.0522. The van der Waals surface area contributed by atoms with Crippen molar-refractivity contribution in [3.05, 3.63) is 62.4 Å². The number of methoxy groups -OCH3 is 1. The van der Waals surface area contributed by atoms with E-state index in [0.29, 0.717) is 26.5 Å². The number of phenolic OH excluding ortho intramolecular Hbond substituents is 1. The van der Waals surface area contributed by atoms with Crippen LogP contribution in [0.2, 0.25) is 0 Å². The fourth-order valence-electron chi connectivity index (χ4n) is 4.49. The molecule has 2 amide bonds. The second kappa shape index (κ2) is 9.14. The SMILES string of the molecule is CCOC(=O)c1ccc(N2C(=O)[C@H]3[C@H](c4ccc(OC)c(O)c4)c4sc(=S)[nH]c4S[C@H]3C2=O)cc1. The minimum atomic E-state index is -0.695. The van der Waals surface area contributed by atoms with Crippen molar-refractivity contribution in [1.29, 1.82) is 0 Å². The van der Waals surface area contributed by atoms with Gasteiger partial charge in [-0.2, -0.15) is 0 Å². The lowest BCUT2D eigenvalue weighted by Crippen LogP contribution is -2.32. The number of nitrogens with zero attached hydrogens (tertiary/aromatic N) is 1. The van der Waals surface area contributed by atoms with Gasteiger partial charge in [0.1, 0.15) is 5.25 Å². The molecular formula is C24H20N2O6S3. The standard InChI is InChI=1S/C24H20N2O6S3/c1-3-32-23(30)11-4-7-13(8-5-11)26-21(28)17-16(12-6-9-15(31-2)14(27)10-12)18-20(25-24(33)35-18)34-19(17)22(26)29/h4-10,16-17,19,27H,3H2,1-2H3,(H,25,33)/t16-,17-,19+/m0/s1. The number of thiazole rings is 1. The van der Waals surface area contributed by atoms with Crippen molar-refractivity contribution in [3.63, 3.8) is 0 Å². The molecule has 1 aromatic heterocycles. The van der Waals surface area contributed by atoms with Crippen LogP contribution >= 0.6 is 35.3 Å². The van der Waals surface area contributed by atoms with Crippen LogP contribution in [-0.4, -0.2) is 46.8 Å². The van der Waals surface area contributed by atoms with Crippen molar-refractivity contribution in [2.45, 2.75) is 23.1 Å². The predicted octanol–water partition coefficient (Wildman–Crippen LogP) is 4.49. The van der Waals surface area contributed by atoms with Crippen molar-refractivity contribution < 1.29 is 29.0 Å². The van der Waals surface area contributed by atoms with Crippen LogP contribution in [0.15, 0.2) is 47.5 Å². The molecule has 0 aliphatic carbocycles. The fourth-order valence-corrected chi connectivity index (χ4v) is 7.45. The molecule has 2 aromatic carbocycles. The van der Waals surface area contributed by atoms with Crippen molar-refractivity contribution in [2.75, 3.05) is 18.6 Å². The minimum Gasteiger partial charge on any atom is -0.504 e. The number of esters is 1. The summed E-state index contributed by atoms with van der Waals surface area (Å²) < 4.78 is 10.7. The summed E-state index contributed by atoms with van der Waals surface area (Å²) in [6.07, 6.45) is 0. The molecule has 0 bridgehead atoms. The van der Waals surface area contributed by atoms with Crippen LogP contribution in [0.1, 0.15) is 33.6 Å². The highest BCUT2D eigenvalue weighted by Gasteiger charge is 2.56. The van der Waals surface area contributed by atoms with Crippen LogP contribution in [-0.2, 0) is 14.3 Å². The Labute approximate surface area is 213 Å². The van der Waals surface area contributed by atoms with E-state index in [4.69, 9.17) is 21.7 Å². The van der Waals surface area contributed by atoms with E-state index in [0.717, 1.165) is 9.90 Å². The molecule has 2 aliphatic heterocycles. The molecule has 2 N–H and O–H groups in total. The zero-order valence-corrected chi connectivity index (χ0v) is 21.1. The first-order chi connectivity index (χ1) is 16.8. The number of thioether (sulfide) groups is 1. The molecule has 3 aromatic rings. The van der Waals surface area contributed by atoms with Crippen molar-refractivity contribution >= 4 is 58.8 Å². The monoisotopic (exact) mass is 528 g/mol. The summed E-state index contributed by atoms with van der Waals surface area (Å²) in [7, 11) is 1.46. The summed E-state index contributed by atoms with van der Waals surface area (Å²) >= 11 is 8.01. The van der Waals surface area contributed by atoms with Gasteiger partial charge in [-0.05, 0) is 61.1 Å². The van der Waals surface area contributed by atoms with Crippen molar-refractivity contribution in [3.8, 4) is 11.5 Å². The normalized spacial score (nSPS) is 21.0. The number of nitrogens with one attached hydrogen (secondary N) is 1. The van der Waals surface area contributed by atoms with Crippen LogP contribution in [0.5, 0.6) is 11.5 Å². The molecule has 0 saturated carbocycles. The second-order valence-corrected chi connectivity index (χ2v) is 10.8. The zero-order chi connectivity index (χ0) is 24.9. The topological polar surface area (TPSA) is 109 Å². The smallest absolute Gasteiger partial charge is 0.338 e. The fraction of sp³-hybridized carbons (Fsp3) is 0.250. The number of aromatic hydroxyl groups is 1. The summed E-state index contributed by atoms with van der Waals surface area (Å²) in [5.41, 5.74) is 1.41. The number of phenols is 1. The van der Waals surface area contributed by atoms with Gasteiger partial charge < -0.3 is 19.6 Å². The molecule has 0 spiro atoms. The van der Waals surface area contributed by atoms with Crippen LogP contribution in [0.4, 0.5) is 5.69 Å². The number of hydrogen-bond acceptors (Lipinski definition) is 9. The van der Waals surface area contributed by atoms with E-state index in [9.17, 15) is 19.5 Å². The Morgan fingerprint density at radius 1 is 1.17 bits per heavy atom. The molecule has 1 saturated heterocycles. The lowest BCUT2D eigenvalue weighted by molar-refractivity contribution is -0.122. The summed E-state index contributed by atoms with van der Waals surface area (Å²) in [5, 5.41) is 10.5. The highest BCUT2D eigenvalue weighted by molar-refractivity contribution is 8.01. The van der Waals surface area contributed by atoms with Crippen LogP contribution in [0.3, 0.4) is 0 Å². The number of imide groups is 1. The van der Waals surface area contributed by atoms with Crippen LogP contribution < -0.4 is 9.64 Å². The Morgan fingerprint density at radius 3 is 2.57 bits per heavy atom. The highest BCUT2D eigenvalue weighted by atomic mass is 32.2. The lowest BCUT2D eigenvalue weighted by Gasteiger charge is -2.30. The molecule has 5 rings (SSSR count). The van der Waals surface area contributed by atoms with Gasteiger partial charge in [0.25, 0.3) is 0 Å². The summed E-state index contributed by atoms with van der Waals surface area (Å²) in [4.78, 5) is 44.5. The Kier molecular flexibility index (Phi) is 6.16. The van der Waals surface area contributed by atoms with E-state index in [1.807, 2.05) is 0 Å². The predicted molar refractivity (Wildman–Crippen MR) is 134 cm³/mol. The number of fused-ring (bicyclic) bond motifs is 2. The van der Waals surface area contributed by atoms with E-state index >= 15 is 0 Å². The number of aromatic amines is 1. The molecule has 180 valence electrons. The molecule has 1 fully saturated rings. The molecule has 35 heavy (non-hydrogen) atoms. The third-order valence-corrected chi connectivity index (χ3v) is 8.78. The third-order valence-electron chi connectivity index (χ3n) is 6.02. The number of hydrogen-bond donors (Lipinski definition) is 2. The van der Waals surface area contributed by atoms with Gasteiger partial charge in [-0.15, -0.1) is 11.3 Å². The molecule has 8 nitrogen and oxygen atoms in total. The maximum Gasteiger partial charge on any atom is 0.338 e. The quantitative estimate of drug-likeness (QED) is 0.283. The van der Waals surface area contributed by atoms with Gasteiger partial charge in [0.2, 0.25) is 11.8 Å². The van der Waals surface area contributed by atoms with Crippen LogP contribution in [0.25, 0.3) is 0 Å². The van der Waals surface area contributed by atoms with Gasteiger partial charge in [0, 0.05) is 10.8 Å². The Morgan fingerprint density at radius 2 is 1.91 bits per heavy atom. The van der Waals surface area contributed by atoms with Gasteiger partial charge in [-0.1, -0.05) is 17.8 Å². The Balaban J connectivity index is 1.56. The lowest BCUT2D eigenvalue weighted by atomic mass is 9.83. The first-order valence-corrected chi connectivity index (χ1v) is 12.9. The van der Waals surface area contributed by atoms with Gasteiger partial charge in [-0.3, -0.25) is 9.59 Å². The summed E-state index contributed by atoms with van der Waals surface area (Å²) in [6, 6.07) is 11.2. The van der Waals surface area contributed by atoms with Crippen LogP contribution in [0, 0.1) is 9.87 Å². The molecular weight excluding hydrogens is 508 g/mol. The maximum absolute atomic E-state index is 13.8. The molecule has 2 aliphatic rings. The molecule has 0 radical (unpaired) electrons. The van der Waals surface area contributed by atoms with E-state index in [1.54, 1.807) is 37.3 Å². The number of rotatable bonds is 5. The van der Waals surface area contributed by atoms with Crippen molar-refractivity contribution in [2.24, 2.45) is 5.92 Å². The van der Waals surface area contributed by atoms with Gasteiger partial charge in [0.05, 0.1) is 35.9 Å². The molecule has 11 heteroatoms. The Bertz CT molecular complexity index is 1400. The number of amides is 2. The molecule has 3 heterocycles. The zero-order valence-electron chi connectivity index (χ0n) is 18.6. The number of ether oxygens (including phenoxy) is 2. The number of aromatic nitrogens is 1. The largest absolute Gasteiger partial charge is 0.504 e. The summed E-state index contributed by atoms with van der Waals surface area (Å²) in [5.74, 6) is -2.07. The maximum atomic E-state index is 13.8. The van der Waals surface area contributed by atoms with E-state index < -0.39 is 23.1 Å². The van der Waals surface area contributed by atoms with E-state index in [-0.39, 0.29) is 24.2 Å². The highest BCUT2D eigenvalue weighted by Crippen LogP contribution is 2.54. The summed E-state index contributed by atoms with van der Waals surface area (Å²) in [6.45, 7) is 1.97. The van der Waals surface area contributed by atoms with Gasteiger partial charge in [-0.25, -0.2) is 9.69 Å². The third kappa shape index (κ3) is 3.93. The number of carbonyl (C=O) groups excluding carboxylic acids is 3. The number of H-pyrrole nitrogens is 1.